The van der Waals surface area contributed by atoms with E-state index in [0.29, 0.717) is 29.5 Å². The molecule has 0 fully saturated rings. The van der Waals surface area contributed by atoms with Crippen molar-refractivity contribution in [2.24, 2.45) is 0 Å². The van der Waals surface area contributed by atoms with Gasteiger partial charge in [0.05, 0.1) is 17.9 Å². The van der Waals surface area contributed by atoms with Crippen molar-refractivity contribution >= 4 is 17.5 Å². The Morgan fingerprint density at radius 3 is 2.59 bits per heavy atom. The van der Waals surface area contributed by atoms with Crippen LogP contribution in [0, 0.1) is 6.92 Å². The first kappa shape index (κ1) is 16.5. The van der Waals surface area contributed by atoms with Crippen LogP contribution in [0.4, 0.5) is 0 Å². The number of carbonyl (C=O) groups excluding carboxylic acids is 1. The molecule has 0 aliphatic heterocycles. The van der Waals surface area contributed by atoms with Gasteiger partial charge in [-0.3, -0.25) is 9.48 Å². The summed E-state index contributed by atoms with van der Waals surface area (Å²) in [4.78, 5) is 14.4. The van der Waals surface area contributed by atoms with Gasteiger partial charge in [0.1, 0.15) is 5.15 Å². The molecule has 0 radical (unpaired) electrons. The minimum Gasteiger partial charge on any atom is -0.395 e. The highest BCUT2D eigenvalue weighted by molar-refractivity contribution is 6.33. The van der Waals surface area contributed by atoms with Crippen molar-refractivity contribution in [1.82, 2.24) is 14.7 Å². The van der Waals surface area contributed by atoms with E-state index in [9.17, 15) is 9.90 Å². The van der Waals surface area contributed by atoms with Gasteiger partial charge in [0, 0.05) is 19.6 Å². The summed E-state index contributed by atoms with van der Waals surface area (Å²) < 4.78 is 1.60. The molecule has 1 N–H and O–H groups in total. The average molecular weight is 322 g/mol. The number of aromatic nitrogens is 2. The van der Waals surface area contributed by atoms with Crippen molar-refractivity contribution < 1.29 is 9.90 Å². The summed E-state index contributed by atoms with van der Waals surface area (Å²) in [7, 11) is 0. The Balaban J connectivity index is 2.28. The van der Waals surface area contributed by atoms with Crippen LogP contribution in [0.25, 0.3) is 0 Å². The number of rotatable bonds is 6. The van der Waals surface area contributed by atoms with E-state index < -0.39 is 0 Å². The summed E-state index contributed by atoms with van der Waals surface area (Å²) in [5, 5.41) is 13.9. The molecule has 0 saturated carbocycles. The molecular weight excluding hydrogens is 302 g/mol. The van der Waals surface area contributed by atoms with Crippen LogP contribution in [0.5, 0.6) is 0 Å². The van der Waals surface area contributed by atoms with Crippen LogP contribution >= 0.6 is 11.6 Å². The summed E-state index contributed by atoms with van der Waals surface area (Å²) >= 11 is 6.26. The van der Waals surface area contributed by atoms with Gasteiger partial charge >= 0.3 is 0 Å². The van der Waals surface area contributed by atoms with E-state index in [1.807, 2.05) is 37.3 Å². The number of carbonyl (C=O) groups is 1. The van der Waals surface area contributed by atoms with Crippen molar-refractivity contribution in [3.63, 3.8) is 0 Å². The molecular formula is C16H20ClN3O2. The van der Waals surface area contributed by atoms with Crippen molar-refractivity contribution in [2.45, 2.75) is 26.9 Å². The third-order valence-corrected chi connectivity index (χ3v) is 3.84. The Labute approximate surface area is 135 Å². The zero-order valence-electron chi connectivity index (χ0n) is 12.8. The molecule has 0 spiro atoms. The van der Waals surface area contributed by atoms with E-state index in [-0.39, 0.29) is 19.1 Å². The fourth-order valence-electron chi connectivity index (χ4n) is 2.34. The molecule has 0 atom stereocenters. The average Bonchev–Trinajstić information content (AvgIpc) is 2.81. The molecule has 1 heterocycles. The minimum atomic E-state index is -0.208. The molecule has 2 aromatic rings. The van der Waals surface area contributed by atoms with E-state index in [1.54, 1.807) is 16.5 Å². The number of benzene rings is 1. The second-order valence-corrected chi connectivity index (χ2v) is 5.36. The van der Waals surface area contributed by atoms with Gasteiger partial charge in [0.15, 0.2) is 0 Å². The van der Waals surface area contributed by atoms with Crippen LogP contribution < -0.4 is 0 Å². The molecule has 118 valence electrons. The number of nitrogens with zero attached hydrogens (tertiary/aromatic N) is 3. The lowest BCUT2D eigenvalue weighted by Gasteiger charge is -2.22. The summed E-state index contributed by atoms with van der Waals surface area (Å²) in [5.74, 6) is -0.208. The summed E-state index contributed by atoms with van der Waals surface area (Å²) in [6.07, 6.45) is 0. The monoisotopic (exact) mass is 321 g/mol. The molecule has 1 aromatic carbocycles. The van der Waals surface area contributed by atoms with E-state index in [0.717, 1.165) is 5.56 Å². The number of aliphatic hydroxyl groups is 1. The molecule has 5 nitrogen and oxygen atoms in total. The number of aliphatic hydroxyl groups excluding tert-OH is 1. The third-order valence-electron chi connectivity index (χ3n) is 3.45. The number of halogens is 1. The highest BCUT2D eigenvalue weighted by Crippen LogP contribution is 2.22. The predicted octanol–water partition coefficient (Wildman–Crippen LogP) is 2.50. The Hall–Kier alpha value is -1.85. The third kappa shape index (κ3) is 3.48. The molecule has 22 heavy (non-hydrogen) atoms. The molecule has 0 saturated heterocycles. The normalized spacial score (nSPS) is 10.7. The van der Waals surface area contributed by atoms with Crippen molar-refractivity contribution in [1.29, 1.82) is 0 Å². The van der Waals surface area contributed by atoms with Crippen LogP contribution in [0.1, 0.15) is 28.5 Å². The van der Waals surface area contributed by atoms with Crippen LogP contribution in [0.3, 0.4) is 0 Å². The van der Waals surface area contributed by atoms with E-state index >= 15 is 0 Å². The maximum absolute atomic E-state index is 12.8. The quantitative estimate of drug-likeness (QED) is 0.889. The Morgan fingerprint density at radius 2 is 2.05 bits per heavy atom. The lowest BCUT2D eigenvalue weighted by Crippen LogP contribution is -2.33. The van der Waals surface area contributed by atoms with Gasteiger partial charge in [-0.1, -0.05) is 41.9 Å². The van der Waals surface area contributed by atoms with Crippen molar-refractivity contribution in [3.05, 3.63) is 52.3 Å². The summed E-state index contributed by atoms with van der Waals surface area (Å²) in [5.41, 5.74) is 2.02. The molecule has 0 bridgehead atoms. The van der Waals surface area contributed by atoms with Crippen LogP contribution in [-0.4, -0.2) is 38.8 Å². The Kier molecular flexibility index (Phi) is 5.57. The molecule has 0 aliphatic rings. The van der Waals surface area contributed by atoms with Crippen LogP contribution in [0.15, 0.2) is 30.3 Å². The molecule has 1 amide bonds. The van der Waals surface area contributed by atoms with Gasteiger partial charge in [0.2, 0.25) is 0 Å². The SMILES string of the molecule is CCn1nc(C)c(C(=O)N(CCO)Cc2ccccc2)c1Cl. The maximum Gasteiger partial charge on any atom is 0.259 e. The van der Waals surface area contributed by atoms with Crippen LogP contribution in [-0.2, 0) is 13.1 Å². The standard InChI is InChI=1S/C16H20ClN3O2/c1-3-20-15(17)14(12(2)18-20)16(22)19(9-10-21)11-13-7-5-4-6-8-13/h4-8,21H,3,9-11H2,1-2H3. The molecule has 0 unspecified atom stereocenters. The van der Waals surface area contributed by atoms with E-state index in [2.05, 4.69) is 5.10 Å². The van der Waals surface area contributed by atoms with Crippen LogP contribution in [0.2, 0.25) is 5.15 Å². The second kappa shape index (κ2) is 7.42. The molecule has 6 heteroatoms. The van der Waals surface area contributed by atoms with E-state index in [4.69, 9.17) is 11.6 Å². The zero-order valence-corrected chi connectivity index (χ0v) is 13.5. The van der Waals surface area contributed by atoms with Gasteiger partial charge in [0.25, 0.3) is 5.91 Å². The summed E-state index contributed by atoms with van der Waals surface area (Å²) in [6, 6.07) is 9.66. The van der Waals surface area contributed by atoms with Gasteiger partial charge in [-0.2, -0.15) is 5.10 Å². The molecule has 2 rings (SSSR count). The molecule has 0 aliphatic carbocycles. The highest BCUT2D eigenvalue weighted by atomic mass is 35.5. The smallest absolute Gasteiger partial charge is 0.259 e. The maximum atomic E-state index is 12.8. The topological polar surface area (TPSA) is 58.4 Å². The van der Waals surface area contributed by atoms with Crippen molar-refractivity contribution in [3.8, 4) is 0 Å². The van der Waals surface area contributed by atoms with Gasteiger partial charge < -0.3 is 10.0 Å². The van der Waals surface area contributed by atoms with Gasteiger partial charge in [-0.25, -0.2) is 0 Å². The number of aryl methyl sites for hydroxylation is 2. The number of amides is 1. The second-order valence-electron chi connectivity index (χ2n) is 5.00. The number of hydrogen-bond acceptors (Lipinski definition) is 3. The largest absolute Gasteiger partial charge is 0.395 e. The minimum absolute atomic E-state index is 0.100. The fourth-order valence-corrected chi connectivity index (χ4v) is 2.72. The number of hydrogen-bond donors (Lipinski definition) is 1. The first-order valence-corrected chi connectivity index (χ1v) is 7.63. The lowest BCUT2D eigenvalue weighted by molar-refractivity contribution is 0.0707. The first-order valence-electron chi connectivity index (χ1n) is 7.25. The van der Waals surface area contributed by atoms with Crippen molar-refractivity contribution in [2.75, 3.05) is 13.2 Å². The molecule has 1 aromatic heterocycles. The lowest BCUT2D eigenvalue weighted by atomic mass is 10.2. The summed E-state index contributed by atoms with van der Waals surface area (Å²) in [6.45, 7) is 4.86. The fraction of sp³-hybridized carbons (Fsp3) is 0.375. The Morgan fingerprint density at radius 1 is 1.36 bits per heavy atom. The predicted molar refractivity (Wildman–Crippen MR) is 85.9 cm³/mol. The van der Waals surface area contributed by atoms with E-state index in [1.165, 1.54) is 0 Å². The Bertz CT molecular complexity index is 640. The zero-order chi connectivity index (χ0) is 16.1. The van der Waals surface area contributed by atoms with Gasteiger partial charge in [-0.15, -0.1) is 0 Å². The van der Waals surface area contributed by atoms with Gasteiger partial charge in [-0.05, 0) is 19.4 Å². The first-order chi connectivity index (χ1) is 10.6. The highest BCUT2D eigenvalue weighted by Gasteiger charge is 2.24.